The number of rotatable bonds is 3. The minimum absolute atomic E-state index is 0. The van der Waals surface area contributed by atoms with Gasteiger partial charge in [0, 0.05) is 19.3 Å². The summed E-state index contributed by atoms with van der Waals surface area (Å²) >= 11 is 0. The summed E-state index contributed by atoms with van der Waals surface area (Å²) in [7, 11) is 0. The van der Waals surface area contributed by atoms with Gasteiger partial charge in [-0.3, -0.25) is 9.48 Å². The molecule has 0 saturated carbocycles. The molecule has 1 aromatic heterocycles. The van der Waals surface area contributed by atoms with E-state index in [-0.39, 0.29) is 30.5 Å². The highest BCUT2D eigenvalue weighted by molar-refractivity contribution is 5.92. The monoisotopic (exact) mass is 390 g/mol. The van der Waals surface area contributed by atoms with Gasteiger partial charge >= 0.3 is 0 Å². The highest BCUT2D eigenvalue weighted by atomic mass is 35.5. The molecule has 27 heavy (non-hydrogen) atoms. The van der Waals surface area contributed by atoms with Crippen molar-refractivity contribution in [3.63, 3.8) is 0 Å². The van der Waals surface area contributed by atoms with Gasteiger partial charge in [-0.25, -0.2) is 0 Å². The lowest BCUT2D eigenvalue weighted by molar-refractivity contribution is -0.0449. The number of carbonyl (C=O) groups is 1. The highest BCUT2D eigenvalue weighted by Gasteiger charge is 2.33. The molecule has 7 heteroatoms. The molecule has 2 fully saturated rings. The minimum Gasteiger partial charge on any atom is -0.374 e. The molecule has 1 amide bonds. The van der Waals surface area contributed by atoms with Crippen molar-refractivity contribution in [2.24, 2.45) is 0 Å². The topological polar surface area (TPSA) is 59.4 Å². The summed E-state index contributed by atoms with van der Waals surface area (Å²) in [4.78, 5) is 15.1. The Bertz CT molecular complexity index is 745. The van der Waals surface area contributed by atoms with Crippen LogP contribution in [0.4, 0.5) is 0 Å². The molecule has 4 rings (SSSR count). The first-order chi connectivity index (χ1) is 12.7. The molecule has 2 aromatic rings. The molecule has 0 bridgehead atoms. The van der Waals surface area contributed by atoms with Crippen LogP contribution in [-0.4, -0.2) is 52.9 Å². The zero-order valence-corrected chi connectivity index (χ0v) is 16.4. The predicted octanol–water partition coefficient (Wildman–Crippen LogP) is 2.83. The van der Waals surface area contributed by atoms with Crippen LogP contribution >= 0.6 is 12.4 Å². The fourth-order valence-corrected chi connectivity index (χ4v) is 3.84. The van der Waals surface area contributed by atoms with E-state index >= 15 is 0 Å². The SMILES string of the molecule is CC1CN(C(=O)c2ccn(C3CCCNC3)n2)C(c2ccccc2)CO1.Cl. The molecular formula is C20H27ClN4O2. The number of benzene rings is 1. The first-order valence-electron chi connectivity index (χ1n) is 9.46. The number of ether oxygens (including phenoxy) is 1. The van der Waals surface area contributed by atoms with Gasteiger partial charge in [0.2, 0.25) is 0 Å². The first-order valence-corrected chi connectivity index (χ1v) is 9.46. The Morgan fingerprint density at radius 1 is 1.26 bits per heavy atom. The van der Waals surface area contributed by atoms with Crippen molar-refractivity contribution in [1.29, 1.82) is 0 Å². The van der Waals surface area contributed by atoms with E-state index in [1.807, 2.05) is 47.0 Å². The molecule has 3 atom stereocenters. The van der Waals surface area contributed by atoms with Crippen LogP contribution in [0.25, 0.3) is 0 Å². The van der Waals surface area contributed by atoms with Gasteiger partial charge in [0.1, 0.15) is 5.69 Å². The number of morpholine rings is 1. The van der Waals surface area contributed by atoms with Crippen LogP contribution in [-0.2, 0) is 4.74 Å². The molecule has 146 valence electrons. The lowest BCUT2D eigenvalue weighted by Crippen LogP contribution is -2.47. The summed E-state index contributed by atoms with van der Waals surface area (Å²) in [5.74, 6) is -0.0171. The van der Waals surface area contributed by atoms with Crippen molar-refractivity contribution in [3.8, 4) is 0 Å². The van der Waals surface area contributed by atoms with Gasteiger partial charge in [0.05, 0.1) is 24.8 Å². The van der Waals surface area contributed by atoms with Crippen LogP contribution in [0.3, 0.4) is 0 Å². The number of nitrogens with zero attached hydrogens (tertiary/aromatic N) is 3. The van der Waals surface area contributed by atoms with Crippen LogP contribution in [0.15, 0.2) is 42.6 Å². The minimum atomic E-state index is -0.0682. The van der Waals surface area contributed by atoms with Gasteiger partial charge in [-0.1, -0.05) is 30.3 Å². The Morgan fingerprint density at radius 2 is 2.07 bits per heavy atom. The molecule has 3 unspecified atom stereocenters. The molecular weight excluding hydrogens is 364 g/mol. The van der Waals surface area contributed by atoms with Crippen molar-refractivity contribution < 1.29 is 9.53 Å². The van der Waals surface area contributed by atoms with Gasteiger partial charge < -0.3 is 15.0 Å². The Hall–Kier alpha value is -1.89. The molecule has 2 saturated heterocycles. The second-order valence-electron chi connectivity index (χ2n) is 7.21. The average Bonchev–Trinajstić information content (AvgIpc) is 3.19. The molecule has 6 nitrogen and oxygen atoms in total. The second kappa shape index (κ2) is 8.87. The van der Waals surface area contributed by atoms with E-state index in [1.54, 1.807) is 0 Å². The summed E-state index contributed by atoms with van der Waals surface area (Å²) in [6, 6.07) is 12.2. The average molecular weight is 391 g/mol. The molecule has 0 radical (unpaired) electrons. The normalized spacial score (nSPS) is 25.7. The third kappa shape index (κ3) is 4.34. The highest BCUT2D eigenvalue weighted by Crippen LogP contribution is 2.28. The molecule has 1 aromatic carbocycles. The quantitative estimate of drug-likeness (QED) is 0.875. The van der Waals surface area contributed by atoms with E-state index in [1.165, 1.54) is 0 Å². The van der Waals surface area contributed by atoms with E-state index in [4.69, 9.17) is 4.74 Å². The third-order valence-electron chi connectivity index (χ3n) is 5.29. The predicted molar refractivity (Wildman–Crippen MR) is 106 cm³/mol. The lowest BCUT2D eigenvalue weighted by Gasteiger charge is -2.38. The summed E-state index contributed by atoms with van der Waals surface area (Å²) in [6.07, 6.45) is 4.21. The fraction of sp³-hybridized carbons (Fsp3) is 0.500. The maximum atomic E-state index is 13.2. The van der Waals surface area contributed by atoms with Crippen LogP contribution in [0.2, 0.25) is 0 Å². The summed E-state index contributed by atoms with van der Waals surface area (Å²) in [6.45, 7) is 5.08. The number of hydrogen-bond donors (Lipinski definition) is 1. The Morgan fingerprint density at radius 3 is 2.81 bits per heavy atom. The van der Waals surface area contributed by atoms with Crippen molar-refractivity contribution in [1.82, 2.24) is 20.0 Å². The van der Waals surface area contributed by atoms with E-state index < -0.39 is 0 Å². The maximum absolute atomic E-state index is 13.2. The van der Waals surface area contributed by atoms with Crippen molar-refractivity contribution in [2.75, 3.05) is 26.2 Å². The zero-order valence-electron chi connectivity index (χ0n) is 15.6. The van der Waals surface area contributed by atoms with E-state index in [0.29, 0.717) is 24.9 Å². The van der Waals surface area contributed by atoms with Gasteiger partial charge in [0.15, 0.2) is 0 Å². The Kier molecular flexibility index (Phi) is 6.52. The second-order valence-corrected chi connectivity index (χ2v) is 7.21. The lowest BCUT2D eigenvalue weighted by atomic mass is 10.0. The zero-order chi connectivity index (χ0) is 17.9. The number of aromatic nitrogens is 2. The fourth-order valence-electron chi connectivity index (χ4n) is 3.84. The van der Waals surface area contributed by atoms with E-state index in [9.17, 15) is 4.79 Å². The van der Waals surface area contributed by atoms with E-state index in [2.05, 4.69) is 22.5 Å². The van der Waals surface area contributed by atoms with Gasteiger partial charge in [0.25, 0.3) is 5.91 Å². The number of piperidine rings is 1. The van der Waals surface area contributed by atoms with Crippen molar-refractivity contribution in [3.05, 3.63) is 53.9 Å². The number of nitrogens with one attached hydrogen (secondary N) is 1. The molecule has 2 aliphatic heterocycles. The van der Waals surface area contributed by atoms with Gasteiger partial charge in [-0.15, -0.1) is 12.4 Å². The Labute approximate surface area is 166 Å². The van der Waals surface area contributed by atoms with E-state index in [0.717, 1.165) is 31.5 Å². The number of hydrogen-bond acceptors (Lipinski definition) is 4. The molecule has 1 N–H and O–H groups in total. The Balaban J connectivity index is 0.00000210. The largest absolute Gasteiger partial charge is 0.374 e. The van der Waals surface area contributed by atoms with Crippen LogP contribution < -0.4 is 5.32 Å². The summed E-state index contributed by atoms with van der Waals surface area (Å²) in [5, 5.41) is 8.00. The first kappa shape index (κ1) is 19.9. The van der Waals surface area contributed by atoms with Crippen LogP contribution in [0.5, 0.6) is 0 Å². The molecule has 3 heterocycles. The van der Waals surface area contributed by atoms with Crippen LogP contribution in [0.1, 0.15) is 47.9 Å². The van der Waals surface area contributed by atoms with Gasteiger partial charge in [-0.05, 0) is 37.9 Å². The van der Waals surface area contributed by atoms with Crippen LogP contribution in [0, 0.1) is 0 Å². The number of amides is 1. The molecule has 0 aliphatic carbocycles. The van der Waals surface area contributed by atoms with Crippen molar-refractivity contribution in [2.45, 2.75) is 38.0 Å². The third-order valence-corrected chi connectivity index (χ3v) is 5.29. The smallest absolute Gasteiger partial charge is 0.275 e. The number of halogens is 1. The van der Waals surface area contributed by atoms with Gasteiger partial charge in [-0.2, -0.15) is 5.10 Å². The number of carbonyl (C=O) groups excluding carboxylic acids is 1. The summed E-state index contributed by atoms with van der Waals surface area (Å²) < 4.78 is 7.78. The standard InChI is InChI=1S/C20H26N4O2.ClH/c1-15-13-23(19(14-26-15)16-6-3-2-4-7-16)20(25)18-9-11-24(22-18)17-8-5-10-21-12-17;/h2-4,6-7,9,11,15,17,19,21H,5,8,10,12-14H2,1H3;1H. The maximum Gasteiger partial charge on any atom is 0.275 e. The van der Waals surface area contributed by atoms with Crippen molar-refractivity contribution >= 4 is 18.3 Å². The molecule has 2 aliphatic rings. The molecule has 0 spiro atoms. The summed E-state index contributed by atoms with van der Waals surface area (Å²) in [5.41, 5.74) is 1.62.